The van der Waals surface area contributed by atoms with E-state index in [2.05, 4.69) is 54.5 Å². The van der Waals surface area contributed by atoms with Gasteiger partial charge in [0.2, 0.25) is 6.29 Å². The summed E-state index contributed by atoms with van der Waals surface area (Å²) in [5, 5.41) is 0. The van der Waals surface area contributed by atoms with E-state index in [9.17, 15) is 9.59 Å². The standard InChI is InChI=1S/C30H46O4/c1-18(2)14-20(31)15-19(3)21-10-12-30(7)23-8-9-24-27(4,22(23)11-13-29(21,30)6)16-25-33-17-28(24,5)26(32)34-25/h8,18-19,21-22,24-25H,9-17H2,1-7H3/t19-,21-,22-,24+,25?,27+,28+,29-,30+/m0/s1. The van der Waals surface area contributed by atoms with E-state index in [1.165, 1.54) is 25.7 Å². The van der Waals surface area contributed by atoms with Crippen LogP contribution in [0.2, 0.25) is 0 Å². The minimum absolute atomic E-state index is 0.0213. The van der Waals surface area contributed by atoms with E-state index in [1.807, 2.05) is 0 Å². The maximum atomic E-state index is 13.0. The van der Waals surface area contributed by atoms with Crippen LogP contribution < -0.4 is 0 Å². The predicted molar refractivity (Wildman–Crippen MR) is 133 cm³/mol. The van der Waals surface area contributed by atoms with Gasteiger partial charge in [-0.05, 0) is 84.9 Å². The summed E-state index contributed by atoms with van der Waals surface area (Å²) >= 11 is 0. The van der Waals surface area contributed by atoms with Crippen LogP contribution in [0, 0.1) is 51.2 Å². The van der Waals surface area contributed by atoms with Gasteiger partial charge < -0.3 is 9.47 Å². The molecule has 0 aromatic heterocycles. The highest BCUT2D eigenvalue weighted by molar-refractivity contribution is 5.79. The zero-order valence-corrected chi connectivity index (χ0v) is 22.5. The number of Topliss-reactive ketones (excluding diaryl/α,β-unsaturated/α-hetero) is 1. The minimum Gasteiger partial charge on any atom is -0.435 e. The van der Waals surface area contributed by atoms with Gasteiger partial charge in [0.05, 0.1) is 12.0 Å². The minimum atomic E-state index is -0.547. The fourth-order valence-corrected chi connectivity index (χ4v) is 9.73. The Morgan fingerprint density at radius 2 is 1.82 bits per heavy atom. The van der Waals surface area contributed by atoms with E-state index < -0.39 is 5.41 Å². The second kappa shape index (κ2) is 7.92. The molecule has 0 amide bonds. The quantitative estimate of drug-likeness (QED) is 0.330. The highest BCUT2D eigenvalue weighted by Gasteiger charge is 2.67. The fourth-order valence-electron chi connectivity index (χ4n) is 9.73. The molecule has 0 radical (unpaired) electrons. The van der Waals surface area contributed by atoms with Crippen LogP contribution in [0.1, 0.15) is 99.8 Å². The lowest BCUT2D eigenvalue weighted by atomic mass is 9.43. The van der Waals surface area contributed by atoms with Crippen LogP contribution in [0.15, 0.2) is 11.6 Å². The summed E-state index contributed by atoms with van der Waals surface area (Å²) in [5.41, 5.74) is 1.53. The second-order valence-electron chi connectivity index (χ2n) is 14.0. The average Bonchev–Trinajstić information content (AvgIpc) is 2.91. The zero-order chi connectivity index (χ0) is 24.7. The van der Waals surface area contributed by atoms with Crippen molar-refractivity contribution in [2.24, 2.45) is 51.2 Å². The molecule has 1 unspecified atom stereocenters. The van der Waals surface area contributed by atoms with E-state index in [1.54, 1.807) is 5.57 Å². The average molecular weight is 471 g/mol. The first kappa shape index (κ1) is 24.5. The molecule has 6 rings (SSSR count). The summed E-state index contributed by atoms with van der Waals surface area (Å²) in [5.74, 6) is 2.61. The van der Waals surface area contributed by atoms with Crippen LogP contribution in [0.25, 0.3) is 0 Å². The van der Waals surface area contributed by atoms with Crippen molar-refractivity contribution in [2.45, 2.75) is 106 Å². The highest BCUT2D eigenvalue weighted by atomic mass is 16.7. The molecule has 6 aliphatic rings. The molecule has 9 atom stereocenters. The van der Waals surface area contributed by atoms with Crippen LogP contribution in [0.5, 0.6) is 0 Å². The second-order valence-corrected chi connectivity index (χ2v) is 14.0. The Bertz CT molecular complexity index is 905. The number of allylic oxidation sites excluding steroid dienone is 2. The van der Waals surface area contributed by atoms with E-state index in [0.29, 0.717) is 42.5 Å². The summed E-state index contributed by atoms with van der Waals surface area (Å²) < 4.78 is 11.8. The third-order valence-corrected chi connectivity index (χ3v) is 11.7. The molecule has 190 valence electrons. The largest absolute Gasteiger partial charge is 0.435 e. The molecule has 3 saturated heterocycles. The SMILES string of the molecule is CC(C)CC(=O)C[C@H](C)[C@@H]1CC[C@]2(C)C3=CC[C@@H]4[C@](C)(CC5OC[C@@]4(C)C(=O)O5)[C@H]3CC[C@@]12C. The summed E-state index contributed by atoms with van der Waals surface area (Å²) in [7, 11) is 0. The molecule has 5 fully saturated rings. The Morgan fingerprint density at radius 3 is 2.50 bits per heavy atom. The van der Waals surface area contributed by atoms with Crippen molar-refractivity contribution in [3.63, 3.8) is 0 Å². The Balaban J connectivity index is 1.45. The smallest absolute Gasteiger partial charge is 0.316 e. The lowest BCUT2D eigenvalue weighted by Gasteiger charge is -2.60. The van der Waals surface area contributed by atoms with Gasteiger partial charge in [-0.3, -0.25) is 9.59 Å². The first-order valence-corrected chi connectivity index (χ1v) is 13.9. The van der Waals surface area contributed by atoms with Crippen LogP contribution >= 0.6 is 0 Å². The molecule has 4 heteroatoms. The monoisotopic (exact) mass is 470 g/mol. The number of hydrogen-bond donors (Lipinski definition) is 0. The molecule has 2 saturated carbocycles. The summed E-state index contributed by atoms with van der Waals surface area (Å²) in [6, 6.07) is 0. The molecule has 3 aliphatic heterocycles. The van der Waals surface area contributed by atoms with Gasteiger partial charge >= 0.3 is 5.97 Å². The maximum Gasteiger partial charge on any atom is 0.316 e. The highest BCUT2D eigenvalue weighted by Crippen LogP contribution is 2.73. The molecule has 0 aromatic carbocycles. The normalized spacial score (nSPS) is 48.4. The first-order chi connectivity index (χ1) is 15.8. The van der Waals surface area contributed by atoms with Crippen molar-refractivity contribution in [3.8, 4) is 0 Å². The van der Waals surface area contributed by atoms with Crippen molar-refractivity contribution in [1.29, 1.82) is 0 Å². The van der Waals surface area contributed by atoms with Crippen LogP contribution in [-0.2, 0) is 19.1 Å². The van der Waals surface area contributed by atoms with E-state index in [-0.39, 0.29) is 34.4 Å². The van der Waals surface area contributed by atoms with Gasteiger partial charge in [-0.25, -0.2) is 0 Å². The summed E-state index contributed by atoms with van der Waals surface area (Å²) in [4.78, 5) is 25.7. The molecule has 2 bridgehead atoms. The molecule has 0 spiro atoms. The molecule has 4 nitrogen and oxygen atoms in total. The van der Waals surface area contributed by atoms with Crippen LogP contribution in [-0.4, -0.2) is 24.6 Å². The van der Waals surface area contributed by atoms with Gasteiger partial charge in [0.25, 0.3) is 0 Å². The Hall–Kier alpha value is -1.16. The number of ether oxygens (including phenoxy) is 2. The number of esters is 1. The summed E-state index contributed by atoms with van der Waals surface area (Å²) in [6.45, 7) is 16.7. The first-order valence-electron chi connectivity index (χ1n) is 13.9. The lowest BCUT2D eigenvalue weighted by Crippen LogP contribution is -2.55. The van der Waals surface area contributed by atoms with Crippen LogP contribution in [0.3, 0.4) is 0 Å². The van der Waals surface area contributed by atoms with Gasteiger partial charge in [0.15, 0.2) is 0 Å². The van der Waals surface area contributed by atoms with Gasteiger partial charge in [-0.15, -0.1) is 0 Å². The Morgan fingerprint density at radius 1 is 1.09 bits per heavy atom. The number of hydrogen-bond acceptors (Lipinski definition) is 4. The maximum absolute atomic E-state index is 13.0. The van der Waals surface area contributed by atoms with Crippen molar-refractivity contribution >= 4 is 11.8 Å². The number of carbonyl (C=O) groups excluding carboxylic acids is 2. The van der Waals surface area contributed by atoms with E-state index in [4.69, 9.17) is 9.47 Å². The van der Waals surface area contributed by atoms with Crippen molar-refractivity contribution in [3.05, 3.63) is 11.6 Å². The van der Waals surface area contributed by atoms with Crippen LogP contribution in [0.4, 0.5) is 0 Å². The van der Waals surface area contributed by atoms with Crippen molar-refractivity contribution in [2.75, 3.05) is 6.61 Å². The predicted octanol–water partition coefficient (Wildman–Crippen LogP) is 6.72. The molecular weight excluding hydrogens is 424 g/mol. The Labute approximate surface area is 206 Å². The zero-order valence-electron chi connectivity index (χ0n) is 22.5. The lowest BCUT2D eigenvalue weighted by molar-refractivity contribution is -0.219. The molecule has 3 aliphatic carbocycles. The number of fused-ring (bicyclic) bond motifs is 5. The molecule has 3 heterocycles. The van der Waals surface area contributed by atoms with Crippen molar-refractivity contribution in [1.82, 2.24) is 0 Å². The van der Waals surface area contributed by atoms with E-state index >= 15 is 0 Å². The fraction of sp³-hybridized carbons (Fsp3) is 0.867. The number of ketones is 1. The third kappa shape index (κ3) is 3.26. The third-order valence-electron chi connectivity index (χ3n) is 11.7. The van der Waals surface area contributed by atoms with Gasteiger partial charge in [-0.1, -0.05) is 53.2 Å². The molecular formula is C30H46O4. The molecule has 0 aromatic rings. The van der Waals surface area contributed by atoms with E-state index in [0.717, 1.165) is 19.3 Å². The number of carbonyl (C=O) groups is 2. The van der Waals surface area contributed by atoms with Crippen molar-refractivity contribution < 1.29 is 19.1 Å². The summed E-state index contributed by atoms with van der Waals surface area (Å²) in [6.07, 6.45) is 10.2. The number of rotatable bonds is 5. The molecule has 0 N–H and O–H groups in total. The molecule has 34 heavy (non-hydrogen) atoms. The van der Waals surface area contributed by atoms with Gasteiger partial charge in [-0.2, -0.15) is 0 Å². The van der Waals surface area contributed by atoms with Gasteiger partial charge in [0, 0.05) is 19.3 Å². The Kier molecular flexibility index (Phi) is 5.71. The van der Waals surface area contributed by atoms with Gasteiger partial charge in [0.1, 0.15) is 5.78 Å². The topological polar surface area (TPSA) is 52.6 Å².